The molecule has 6 heteroatoms. The number of allylic oxidation sites excluding steroid dienone is 18. The van der Waals surface area contributed by atoms with Crippen molar-refractivity contribution in [3.05, 3.63) is 166 Å². The molecule has 2 fully saturated rings. The highest BCUT2D eigenvalue weighted by Crippen LogP contribution is 2.49. The van der Waals surface area contributed by atoms with E-state index in [1.807, 2.05) is 6.08 Å². The maximum atomic E-state index is 4.86. The normalized spacial score (nSPS) is 23.5. The van der Waals surface area contributed by atoms with Crippen molar-refractivity contribution in [2.24, 2.45) is 0 Å². The van der Waals surface area contributed by atoms with E-state index in [0.29, 0.717) is 0 Å². The van der Waals surface area contributed by atoms with Crippen molar-refractivity contribution in [3.63, 3.8) is 0 Å². The molecule has 1 aromatic rings. The fraction of sp³-hybridized carbons (Fsp3) is 0.211. The van der Waals surface area contributed by atoms with Crippen LogP contribution in [0, 0.1) is 0 Å². The van der Waals surface area contributed by atoms with Crippen LogP contribution >= 0.6 is 0 Å². The molecule has 0 unspecified atom stereocenters. The monoisotopic (exact) mass is 575 g/mol. The average molecular weight is 575 g/mol. The van der Waals surface area contributed by atoms with E-state index >= 15 is 0 Å². The minimum absolute atomic E-state index is 0.0537. The molecule has 0 N–H and O–H groups in total. The molecule has 4 aliphatic rings. The van der Waals surface area contributed by atoms with Gasteiger partial charge in [0.2, 0.25) is 0 Å². The van der Waals surface area contributed by atoms with E-state index in [0.717, 1.165) is 11.3 Å². The molecule has 0 spiro atoms. The topological polar surface area (TPSA) is 9.72 Å². The van der Waals surface area contributed by atoms with Crippen LogP contribution < -0.4 is 5.46 Å². The quantitative estimate of drug-likeness (QED) is 0.263. The first-order chi connectivity index (χ1) is 21.4. The first-order valence-corrected chi connectivity index (χ1v) is 15.8. The molecule has 0 aromatic heterocycles. The number of rotatable bonds is 4. The Hall–Kier alpha value is -4.31. The second-order valence-electron chi connectivity index (χ2n) is 11.5. The molecule has 44 heavy (non-hydrogen) atoms. The Morgan fingerprint density at radius 3 is 2.02 bits per heavy atom. The predicted molar refractivity (Wildman–Crippen MR) is 195 cm³/mol. The second-order valence-corrected chi connectivity index (χ2v) is 11.5. The predicted octanol–water partition coefficient (Wildman–Crippen LogP) is 8.52. The van der Waals surface area contributed by atoms with Gasteiger partial charge in [-0.05, 0) is 106 Å². The summed E-state index contributed by atoms with van der Waals surface area (Å²) >= 11 is 0. The fourth-order valence-electron chi connectivity index (χ4n) is 7.53. The second kappa shape index (κ2) is 12.7. The van der Waals surface area contributed by atoms with Gasteiger partial charge in [-0.1, -0.05) is 104 Å². The molecular weight excluding hydrogens is 531 g/mol. The maximum Gasteiger partial charge on any atom is 0.389 e. The molecule has 0 bridgehead atoms. The minimum atomic E-state index is -0.0844. The van der Waals surface area contributed by atoms with E-state index in [1.165, 1.54) is 55.7 Å². The molecular formula is C38H44B3N3. The third-order valence-electron chi connectivity index (χ3n) is 9.46. The summed E-state index contributed by atoms with van der Waals surface area (Å²) in [5.74, 6) is 0. The van der Waals surface area contributed by atoms with Gasteiger partial charge in [0.1, 0.15) is 0 Å². The Morgan fingerprint density at radius 1 is 0.682 bits per heavy atom. The zero-order chi connectivity index (χ0) is 31.7. The molecule has 0 atom stereocenters. The van der Waals surface area contributed by atoms with Crippen LogP contribution in [0.5, 0.6) is 0 Å². The Labute approximate surface area is 267 Å². The number of nitrogens with zero attached hydrogens (tertiary/aromatic N) is 3. The number of benzene rings is 1. The molecule has 0 aliphatic carbocycles. The summed E-state index contributed by atoms with van der Waals surface area (Å²) in [7, 11) is 0. The summed E-state index contributed by atoms with van der Waals surface area (Å²) in [6, 6.07) is 8.96. The van der Waals surface area contributed by atoms with Crippen LogP contribution in [-0.2, 0) is 0 Å². The lowest BCUT2D eigenvalue weighted by molar-refractivity contribution is 0.566. The van der Waals surface area contributed by atoms with E-state index in [4.69, 9.17) is 6.58 Å². The zero-order valence-electron chi connectivity index (χ0n) is 27.7. The van der Waals surface area contributed by atoms with Crippen molar-refractivity contribution in [2.75, 3.05) is 0 Å². The number of fused-ring (bicyclic) bond motifs is 8. The Balaban J connectivity index is 1.97. The van der Waals surface area contributed by atoms with Crippen LogP contribution in [0.25, 0.3) is 5.57 Å². The van der Waals surface area contributed by atoms with Crippen molar-refractivity contribution in [1.82, 2.24) is 14.2 Å². The van der Waals surface area contributed by atoms with Crippen LogP contribution in [0.2, 0.25) is 0 Å². The highest BCUT2D eigenvalue weighted by Gasteiger charge is 2.62. The molecule has 5 rings (SSSR count). The van der Waals surface area contributed by atoms with Crippen molar-refractivity contribution in [2.45, 2.75) is 55.4 Å². The Bertz CT molecular complexity index is 1710. The van der Waals surface area contributed by atoms with Crippen molar-refractivity contribution < 1.29 is 0 Å². The standard InChI is InChI=1S/C38H44B3N3/c1-11-18-23-32-29(10)42-39(34(16-6)30(32)14-4)43-37(17-7)31(15-5)33-24-20-21-25-36(33)41(43)44-38(26-19-12-2)28(9)27(8)35(22-13-3)40(42)44/h11-26H,2,10H2,1,3-9H3/b18-11-,22-13-,26-19-,30-14-,31-15-,32-23+,34-16+,37-17+. The van der Waals surface area contributed by atoms with Gasteiger partial charge in [0.15, 0.2) is 0 Å². The molecule has 0 saturated carbocycles. The summed E-state index contributed by atoms with van der Waals surface area (Å²) in [5.41, 5.74) is 14.9. The van der Waals surface area contributed by atoms with Gasteiger partial charge in [-0.2, -0.15) is 0 Å². The van der Waals surface area contributed by atoms with Crippen LogP contribution in [0.3, 0.4) is 0 Å². The van der Waals surface area contributed by atoms with Gasteiger partial charge in [-0.25, -0.2) is 0 Å². The van der Waals surface area contributed by atoms with E-state index < -0.39 is 0 Å². The smallest absolute Gasteiger partial charge is 0.389 e. The van der Waals surface area contributed by atoms with E-state index in [-0.39, 0.29) is 20.9 Å². The van der Waals surface area contributed by atoms with Crippen molar-refractivity contribution in [1.29, 1.82) is 0 Å². The van der Waals surface area contributed by atoms with E-state index in [1.54, 1.807) is 0 Å². The highest BCUT2D eigenvalue weighted by molar-refractivity contribution is 6.97. The Morgan fingerprint density at radius 2 is 1.41 bits per heavy atom. The summed E-state index contributed by atoms with van der Waals surface area (Å²) < 4.78 is 7.86. The Kier molecular flexibility index (Phi) is 9.01. The number of hydrogen-bond donors (Lipinski definition) is 0. The molecule has 2 saturated heterocycles. The SMILES string of the molecule is C=C/C=C\C1=C(C)C(C)=C(/C=C\C)B2N3B(C(=C/C)/C(=C\C)C(=C/C=C\C)/C3=C)N3B(c4ccccc4C(=C/C)/C3=C\C)N21. The maximum absolute atomic E-state index is 4.86. The zero-order valence-corrected chi connectivity index (χ0v) is 27.7. The summed E-state index contributed by atoms with van der Waals surface area (Å²) in [6.07, 6.45) is 26.2. The van der Waals surface area contributed by atoms with Crippen LogP contribution in [0.15, 0.2) is 161 Å². The molecule has 0 amide bonds. The third-order valence-corrected chi connectivity index (χ3v) is 9.46. The fourth-order valence-corrected chi connectivity index (χ4v) is 7.53. The summed E-state index contributed by atoms with van der Waals surface area (Å²) in [4.78, 5) is 0. The van der Waals surface area contributed by atoms with Crippen LogP contribution in [0.1, 0.15) is 61.0 Å². The average Bonchev–Trinajstić information content (AvgIpc) is 3.04. The third kappa shape index (κ3) is 4.54. The largest absolute Gasteiger partial charge is 0.416 e. The molecule has 4 aliphatic heterocycles. The van der Waals surface area contributed by atoms with Gasteiger partial charge in [-0.3, -0.25) is 0 Å². The van der Waals surface area contributed by atoms with E-state index in [9.17, 15) is 0 Å². The summed E-state index contributed by atoms with van der Waals surface area (Å²) in [5, 5.41) is 0. The lowest BCUT2D eigenvalue weighted by atomic mass is 9.32. The van der Waals surface area contributed by atoms with Gasteiger partial charge >= 0.3 is 20.9 Å². The lowest BCUT2D eigenvalue weighted by Crippen LogP contribution is -2.82. The summed E-state index contributed by atoms with van der Waals surface area (Å²) in [6.45, 7) is 26.1. The van der Waals surface area contributed by atoms with Gasteiger partial charge < -0.3 is 14.2 Å². The minimum Gasteiger partial charge on any atom is -0.416 e. The van der Waals surface area contributed by atoms with Crippen LogP contribution in [-0.4, -0.2) is 35.1 Å². The number of hydrogen-bond acceptors (Lipinski definition) is 3. The van der Waals surface area contributed by atoms with Crippen molar-refractivity contribution in [3.8, 4) is 0 Å². The van der Waals surface area contributed by atoms with Gasteiger partial charge in [-0.15, -0.1) is 0 Å². The van der Waals surface area contributed by atoms with E-state index in [2.05, 4.69) is 167 Å². The first kappa shape index (κ1) is 31.1. The molecule has 220 valence electrons. The van der Waals surface area contributed by atoms with Gasteiger partial charge in [0, 0.05) is 22.7 Å². The van der Waals surface area contributed by atoms with Crippen LogP contribution in [0.4, 0.5) is 0 Å². The van der Waals surface area contributed by atoms with Gasteiger partial charge in [0.05, 0.1) is 0 Å². The molecule has 1 aromatic carbocycles. The first-order valence-electron chi connectivity index (χ1n) is 15.8. The molecule has 3 nitrogen and oxygen atoms in total. The molecule has 0 radical (unpaired) electrons. The van der Waals surface area contributed by atoms with Gasteiger partial charge in [0.25, 0.3) is 0 Å². The molecule has 4 heterocycles. The lowest BCUT2D eigenvalue weighted by Gasteiger charge is -2.63. The highest BCUT2D eigenvalue weighted by atomic mass is 15.3. The van der Waals surface area contributed by atoms with Crippen molar-refractivity contribution >= 4 is 32.0 Å².